The van der Waals surface area contributed by atoms with Gasteiger partial charge in [0.1, 0.15) is 0 Å². The maximum atomic E-state index is 11.1. The Hall–Kier alpha value is -1.39. The van der Waals surface area contributed by atoms with E-state index in [4.69, 9.17) is 4.89 Å². The highest BCUT2D eigenvalue weighted by molar-refractivity contribution is 7.51. The average molecular weight is 217 g/mol. The van der Waals surface area contributed by atoms with Crippen LogP contribution in [0.4, 0.5) is 0 Å². The summed E-state index contributed by atoms with van der Waals surface area (Å²) in [5.41, 5.74) is 0.514. The lowest BCUT2D eigenvalue weighted by Crippen LogP contribution is -2.00. The van der Waals surface area contributed by atoms with Crippen molar-refractivity contribution in [1.82, 2.24) is 0 Å². The van der Waals surface area contributed by atoms with Gasteiger partial charge in [-0.2, -0.15) is 0 Å². The van der Waals surface area contributed by atoms with Gasteiger partial charge in [0.15, 0.2) is 0 Å². The van der Waals surface area contributed by atoms with Crippen molar-refractivity contribution in [2.24, 2.45) is 0 Å². The van der Waals surface area contributed by atoms with E-state index in [1.807, 2.05) is 0 Å². The second-order valence-corrected chi connectivity index (χ2v) is 4.34. The minimum atomic E-state index is -4.17. The SMILES string of the molecule is O=[N+]([O-])OP(=O)(O)Cc1ccccc1. The van der Waals surface area contributed by atoms with Crippen LogP contribution in [0.1, 0.15) is 5.56 Å². The molecule has 0 heterocycles. The lowest BCUT2D eigenvalue weighted by atomic mass is 10.2. The van der Waals surface area contributed by atoms with Crippen LogP contribution in [-0.2, 0) is 15.4 Å². The molecule has 1 aromatic carbocycles. The van der Waals surface area contributed by atoms with E-state index in [2.05, 4.69) is 4.62 Å². The molecule has 0 aromatic heterocycles. The summed E-state index contributed by atoms with van der Waals surface area (Å²) in [5.74, 6) is 0. The molecule has 0 saturated carbocycles. The molecule has 14 heavy (non-hydrogen) atoms. The summed E-state index contributed by atoms with van der Waals surface area (Å²) >= 11 is 0. The van der Waals surface area contributed by atoms with Crippen molar-refractivity contribution in [3.8, 4) is 0 Å². The molecular weight excluding hydrogens is 209 g/mol. The molecule has 0 aliphatic rings. The fourth-order valence-corrected chi connectivity index (χ4v) is 1.89. The van der Waals surface area contributed by atoms with E-state index in [9.17, 15) is 14.7 Å². The zero-order valence-corrected chi connectivity index (χ0v) is 7.96. The number of rotatable bonds is 4. The van der Waals surface area contributed by atoms with Crippen molar-refractivity contribution in [2.45, 2.75) is 6.16 Å². The summed E-state index contributed by atoms with van der Waals surface area (Å²) in [6.45, 7) is 0. The molecule has 1 atom stereocenters. The molecule has 0 aliphatic carbocycles. The first-order valence-corrected chi connectivity index (χ1v) is 5.46. The third kappa shape index (κ3) is 3.55. The van der Waals surface area contributed by atoms with Crippen LogP contribution in [0.2, 0.25) is 0 Å². The molecular formula is C7H8NO5P. The van der Waals surface area contributed by atoms with Crippen LogP contribution in [0, 0.1) is 10.1 Å². The number of benzene rings is 1. The topological polar surface area (TPSA) is 89.7 Å². The first kappa shape index (κ1) is 10.7. The second kappa shape index (κ2) is 4.21. The van der Waals surface area contributed by atoms with E-state index in [0.717, 1.165) is 0 Å². The van der Waals surface area contributed by atoms with Gasteiger partial charge in [-0.3, -0.25) is 4.57 Å². The maximum Gasteiger partial charge on any atom is 0.372 e. The van der Waals surface area contributed by atoms with Gasteiger partial charge in [-0.15, -0.1) is 10.1 Å². The normalized spacial score (nSPS) is 14.4. The molecule has 0 aliphatic heterocycles. The van der Waals surface area contributed by atoms with Gasteiger partial charge in [-0.25, -0.2) is 4.62 Å². The average Bonchev–Trinajstić information content (AvgIpc) is 2.02. The molecule has 0 bridgehead atoms. The number of nitrogens with zero attached hydrogens (tertiary/aromatic N) is 1. The Morgan fingerprint density at radius 2 is 2.00 bits per heavy atom. The fourth-order valence-electron chi connectivity index (χ4n) is 0.947. The Balaban J connectivity index is 2.69. The quantitative estimate of drug-likeness (QED) is 0.469. The van der Waals surface area contributed by atoms with Crippen LogP contribution in [0.15, 0.2) is 30.3 Å². The predicted octanol–water partition coefficient (Wildman–Crippen LogP) is 1.58. The second-order valence-electron chi connectivity index (χ2n) is 2.59. The van der Waals surface area contributed by atoms with Gasteiger partial charge in [-0.1, -0.05) is 30.3 Å². The third-order valence-electron chi connectivity index (χ3n) is 1.42. The fraction of sp³-hybridized carbons (Fsp3) is 0.143. The smallest absolute Gasteiger partial charge is 0.325 e. The summed E-state index contributed by atoms with van der Waals surface area (Å²) in [4.78, 5) is 18.9. The van der Waals surface area contributed by atoms with Crippen molar-refractivity contribution >= 4 is 7.60 Å². The molecule has 0 saturated heterocycles. The Morgan fingerprint density at radius 3 is 2.50 bits per heavy atom. The minimum absolute atomic E-state index is 0.366. The van der Waals surface area contributed by atoms with Gasteiger partial charge in [0, 0.05) is 0 Å². The number of hydrogen-bond acceptors (Lipinski definition) is 4. The van der Waals surface area contributed by atoms with Crippen molar-refractivity contribution in [1.29, 1.82) is 0 Å². The Morgan fingerprint density at radius 1 is 1.43 bits per heavy atom. The molecule has 1 N–H and O–H groups in total. The lowest BCUT2D eigenvalue weighted by Gasteiger charge is -2.07. The van der Waals surface area contributed by atoms with E-state index in [0.29, 0.717) is 5.56 Å². The third-order valence-corrected chi connectivity index (χ3v) is 2.57. The van der Waals surface area contributed by atoms with E-state index >= 15 is 0 Å². The zero-order valence-electron chi connectivity index (χ0n) is 7.07. The van der Waals surface area contributed by atoms with Crippen molar-refractivity contribution < 1.29 is 19.2 Å². The van der Waals surface area contributed by atoms with E-state index in [1.54, 1.807) is 30.3 Å². The largest absolute Gasteiger partial charge is 0.372 e. The summed E-state index contributed by atoms with van der Waals surface area (Å²) in [6.07, 6.45) is -0.366. The van der Waals surface area contributed by atoms with Crippen LogP contribution >= 0.6 is 7.60 Å². The predicted molar refractivity (Wildman–Crippen MR) is 48.1 cm³/mol. The van der Waals surface area contributed by atoms with E-state index < -0.39 is 12.7 Å². The number of hydrogen-bond donors (Lipinski definition) is 1. The van der Waals surface area contributed by atoms with Gasteiger partial charge in [-0.05, 0) is 5.56 Å². The van der Waals surface area contributed by atoms with E-state index in [-0.39, 0.29) is 6.16 Å². The molecule has 1 rings (SSSR count). The Bertz CT molecular complexity index is 366. The highest BCUT2D eigenvalue weighted by Crippen LogP contribution is 2.45. The van der Waals surface area contributed by atoms with Crippen LogP contribution in [0.25, 0.3) is 0 Å². The van der Waals surface area contributed by atoms with Crippen LogP contribution in [-0.4, -0.2) is 9.98 Å². The first-order valence-electron chi connectivity index (χ1n) is 3.69. The molecule has 6 nitrogen and oxygen atoms in total. The van der Waals surface area contributed by atoms with E-state index in [1.165, 1.54) is 0 Å². The van der Waals surface area contributed by atoms with Gasteiger partial charge >= 0.3 is 12.7 Å². The first-order chi connectivity index (χ1) is 6.49. The Kier molecular flexibility index (Phi) is 3.22. The van der Waals surface area contributed by atoms with Gasteiger partial charge in [0.05, 0.1) is 6.16 Å². The van der Waals surface area contributed by atoms with Gasteiger partial charge < -0.3 is 4.89 Å². The standard InChI is InChI=1S/C7H8NO5P/c9-8(10)13-14(11,12)6-7-4-2-1-3-5-7/h1-5H,6H2,(H,11,12). The summed E-state index contributed by atoms with van der Waals surface area (Å²) in [5, 5.41) is 8.60. The van der Waals surface area contributed by atoms with Crippen LogP contribution in [0.5, 0.6) is 0 Å². The van der Waals surface area contributed by atoms with Gasteiger partial charge in [0.2, 0.25) is 0 Å². The molecule has 1 aromatic rings. The van der Waals surface area contributed by atoms with Crippen molar-refractivity contribution in [3.05, 3.63) is 46.0 Å². The van der Waals surface area contributed by atoms with Crippen LogP contribution in [0.3, 0.4) is 0 Å². The minimum Gasteiger partial charge on any atom is -0.325 e. The molecule has 0 amide bonds. The summed E-state index contributed by atoms with van der Waals surface area (Å²) in [6, 6.07) is 8.25. The lowest BCUT2D eigenvalue weighted by molar-refractivity contribution is -0.715. The summed E-state index contributed by atoms with van der Waals surface area (Å²) in [7, 11) is -4.17. The molecule has 1 unspecified atom stereocenters. The molecule has 0 radical (unpaired) electrons. The maximum absolute atomic E-state index is 11.1. The van der Waals surface area contributed by atoms with Crippen molar-refractivity contribution in [2.75, 3.05) is 0 Å². The Labute approximate surface area is 79.8 Å². The zero-order chi connectivity index (χ0) is 10.6. The van der Waals surface area contributed by atoms with Gasteiger partial charge in [0.25, 0.3) is 0 Å². The molecule has 0 fully saturated rings. The van der Waals surface area contributed by atoms with Crippen molar-refractivity contribution in [3.63, 3.8) is 0 Å². The monoisotopic (exact) mass is 217 g/mol. The highest BCUT2D eigenvalue weighted by atomic mass is 31.2. The summed E-state index contributed by atoms with van der Waals surface area (Å²) < 4.78 is 14.8. The van der Waals surface area contributed by atoms with Crippen LogP contribution < -0.4 is 0 Å². The molecule has 7 heteroatoms. The highest BCUT2D eigenvalue weighted by Gasteiger charge is 2.23. The molecule has 0 spiro atoms. The molecule has 76 valence electrons.